The van der Waals surface area contributed by atoms with Crippen LogP contribution in [0.25, 0.3) is 5.57 Å². The van der Waals surface area contributed by atoms with E-state index in [2.05, 4.69) is 5.32 Å². The Labute approximate surface area is 164 Å². The minimum Gasteiger partial charge on any atom is -0.350 e. The highest BCUT2D eigenvalue weighted by Gasteiger charge is 2.41. The fraction of sp³-hybridized carbons (Fsp3) is 0.273. The smallest absolute Gasteiger partial charge is 0.278 e. The largest absolute Gasteiger partial charge is 0.350 e. The summed E-state index contributed by atoms with van der Waals surface area (Å²) in [6, 6.07) is 11.1. The second-order valence-electron chi connectivity index (χ2n) is 7.23. The zero-order valence-electron chi connectivity index (χ0n) is 16.2. The average Bonchev–Trinajstić information content (AvgIpc) is 2.81. The third-order valence-corrected chi connectivity index (χ3v) is 4.97. The van der Waals surface area contributed by atoms with E-state index in [0.29, 0.717) is 16.3 Å². The summed E-state index contributed by atoms with van der Waals surface area (Å²) in [4.78, 5) is 27.5. The molecule has 4 nitrogen and oxygen atoms in total. The summed E-state index contributed by atoms with van der Waals surface area (Å²) >= 11 is 6.04. The predicted octanol–water partition coefficient (Wildman–Crippen LogP) is 4.87. The van der Waals surface area contributed by atoms with Gasteiger partial charge in [-0.1, -0.05) is 35.4 Å². The number of anilines is 1. The molecule has 0 aromatic heterocycles. The molecule has 2 aromatic carbocycles. The summed E-state index contributed by atoms with van der Waals surface area (Å²) in [6.07, 6.45) is 0. The summed E-state index contributed by atoms with van der Waals surface area (Å²) in [5.74, 6) is -0.574. The van der Waals surface area contributed by atoms with Crippen LogP contribution < -0.4 is 5.32 Å². The molecule has 0 unspecified atom stereocenters. The third-order valence-electron chi connectivity index (χ3n) is 4.73. The van der Waals surface area contributed by atoms with Gasteiger partial charge in [-0.3, -0.25) is 14.5 Å². The van der Waals surface area contributed by atoms with Crippen LogP contribution in [0.15, 0.2) is 42.1 Å². The number of aryl methyl sites for hydroxylation is 3. The van der Waals surface area contributed by atoms with E-state index in [1.54, 1.807) is 6.07 Å². The van der Waals surface area contributed by atoms with Crippen LogP contribution in [0.3, 0.4) is 0 Å². The van der Waals surface area contributed by atoms with Crippen molar-refractivity contribution in [2.24, 2.45) is 0 Å². The molecule has 3 rings (SSSR count). The van der Waals surface area contributed by atoms with Crippen molar-refractivity contribution in [2.45, 2.75) is 40.7 Å². The zero-order chi connectivity index (χ0) is 19.9. The number of imide groups is 1. The summed E-state index contributed by atoms with van der Waals surface area (Å²) in [6.45, 7) is 9.55. The van der Waals surface area contributed by atoms with Gasteiger partial charge in [-0.05, 0) is 69.5 Å². The van der Waals surface area contributed by atoms with E-state index in [1.165, 1.54) is 4.90 Å². The summed E-state index contributed by atoms with van der Waals surface area (Å²) in [7, 11) is 0. The molecule has 0 atom stereocenters. The molecule has 140 valence electrons. The van der Waals surface area contributed by atoms with Gasteiger partial charge in [0.1, 0.15) is 5.70 Å². The molecule has 1 aliphatic heterocycles. The first-order valence-electron chi connectivity index (χ1n) is 8.93. The molecule has 27 heavy (non-hydrogen) atoms. The van der Waals surface area contributed by atoms with Crippen molar-refractivity contribution >= 4 is 34.7 Å². The number of hydrogen-bond acceptors (Lipinski definition) is 3. The normalized spacial score (nSPS) is 14.6. The Morgan fingerprint density at radius 2 is 1.63 bits per heavy atom. The highest BCUT2D eigenvalue weighted by Crippen LogP contribution is 2.34. The highest BCUT2D eigenvalue weighted by atomic mass is 35.5. The van der Waals surface area contributed by atoms with E-state index >= 15 is 0 Å². The quantitative estimate of drug-likeness (QED) is 0.768. The molecule has 1 heterocycles. The van der Waals surface area contributed by atoms with Gasteiger partial charge in [0, 0.05) is 16.8 Å². The number of amides is 2. The zero-order valence-corrected chi connectivity index (χ0v) is 16.9. The summed E-state index contributed by atoms with van der Waals surface area (Å²) in [5, 5.41) is 3.83. The number of hydrogen-bond donors (Lipinski definition) is 1. The lowest BCUT2D eigenvalue weighted by molar-refractivity contribution is -0.138. The second-order valence-corrected chi connectivity index (χ2v) is 7.66. The minimum atomic E-state index is -0.306. The maximum Gasteiger partial charge on any atom is 0.278 e. The number of carbonyl (C=O) groups excluding carboxylic acids is 2. The van der Waals surface area contributed by atoms with E-state index in [0.717, 1.165) is 27.9 Å². The van der Waals surface area contributed by atoms with Crippen molar-refractivity contribution in [1.29, 1.82) is 0 Å². The lowest BCUT2D eigenvalue weighted by Crippen LogP contribution is -2.38. The summed E-state index contributed by atoms with van der Waals surface area (Å²) in [5.41, 5.74) is 5.23. The van der Waals surface area contributed by atoms with Crippen LogP contribution in [0.2, 0.25) is 5.02 Å². The molecule has 0 radical (unpaired) electrons. The average molecular weight is 383 g/mol. The van der Waals surface area contributed by atoms with Gasteiger partial charge in [0.05, 0.1) is 5.57 Å². The fourth-order valence-corrected chi connectivity index (χ4v) is 3.60. The second kappa shape index (κ2) is 7.20. The van der Waals surface area contributed by atoms with Gasteiger partial charge in [0.2, 0.25) is 0 Å². The first kappa shape index (κ1) is 19.2. The molecule has 0 fully saturated rings. The predicted molar refractivity (Wildman–Crippen MR) is 110 cm³/mol. The van der Waals surface area contributed by atoms with Crippen molar-refractivity contribution in [3.8, 4) is 0 Å². The Morgan fingerprint density at radius 1 is 0.926 bits per heavy atom. The molecule has 1 N–H and O–H groups in total. The van der Waals surface area contributed by atoms with Crippen molar-refractivity contribution in [3.05, 3.63) is 69.4 Å². The van der Waals surface area contributed by atoms with Crippen LogP contribution in [-0.4, -0.2) is 22.8 Å². The number of nitrogens with zero attached hydrogens (tertiary/aromatic N) is 1. The standard InChI is InChI=1S/C22H23ClN2O2/c1-12(2)25-21(26)19(17-8-6-13(3)10-14(17)4)20(22(25)27)24-18-9-7-16(23)11-15(18)5/h6-12,24H,1-5H3. The molecule has 2 amide bonds. The number of carbonyl (C=O) groups is 2. The molecular weight excluding hydrogens is 360 g/mol. The van der Waals surface area contributed by atoms with Gasteiger partial charge >= 0.3 is 0 Å². The van der Waals surface area contributed by atoms with E-state index < -0.39 is 0 Å². The van der Waals surface area contributed by atoms with Crippen LogP contribution in [0.4, 0.5) is 5.69 Å². The van der Waals surface area contributed by atoms with E-state index in [-0.39, 0.29) is 17.9 Å². The number of benzene rings is 2. The number of rotatable bonds is 4. The fourth-order valence-electron chi connectivity index (χ4n) is 3.38. The Balaban J connectivity index is 2.17. The Hall–Kier alpha value is -2.59. The van der Waals surface area contributed by atoms with Gasteiger partial charge in [0.15, 0.2) is 0 Å². The first-order chi connectivity index (χ1) is 12.7. The molecule has 0 bridgehead atoms. The highest BCUT2D eigenvalue weighted by molar-refractivity contribution is 6.37. The molecule has 5 heteroatoms. The van der Waals surface area contributed by atoms with Crippen molar-refractivity contribution in [2.75, 3.05) is 5.32 Å². The number of halogens is 1. The topological polar surface area (TPSA) is 49.4 Å². The Kier molecular flexibility index (Phi) is 5.11. The van der Waals surface area contributed by atoms with Crippen LogP contribution >= 0.6 is 11.6 Å². The van der Waals surface area contributed by atoms with Gasteiger partial charge in [-0.25, -0.2) is 0 Å². The molecule has 0 saturated carbocycles. The van der Waals surface area contributed by atoms with E-state index in [9.17, 15) is 9.59 Å². The third kappa shape index (κ3) is 3.50. The van der Waals surface area contributed by atoms with Crippen LogP contribution in [-0.2, 0) is 9.59 Å². The molecule has 0 aliphatic carbocycles. The SMILES string of the molecule is Cc1ccc(C2=C(Nc3ccc(Cl)cc3C)C(=O)N(C(C)C)C2=O)c(C)c1. The van der Waals surface area contributed by atoms with Crippen molar-refractivity contribution in [1.82, 2.24) is 4.90 Å². The lowest BCUT2D eigenvalue weighted by atomic mass is 9.97. The lowest BCUT2D eigenvalue weighted by Gasteiger charge is -2.19. The van der Waals surface area contributed by atoms with E-state index in [4.69, 9.17) is 11.6 Å². The van der Waals surface area contributed by atoms with E-state index in [1.807, 2.05) is 65.0 Å². The molecule has 0 spiro atoms. The monoisotopic (exact) mass is 382 g/mol. The molecule has 1 aliphatic rings. The van der Waals surface area contributed by atoms with Gasteiger partial charge < -0.3 is 5.32 Å². The molecule has 2 aromatic rings. The Morgan fingerprint density at radius 3 is 2.22 bits per heavy atom. The number of nitrogens with one attached hydrogen (secondary N) is 1. The minimum absolute atomic E-state index is 0.226. The van der Waals surface area contributed by atoms with Gasteiger partial charge in [0.25, 0.3) is 11.8 Å². The van der Waals surface area contributed by atoms with Crippen LogP contribution in [0.1, 0.15) is 36.1 Å². The summed E-state index contributed by atoms with van der Waals surface area (Å²) < 4.78 is 0. The molecular formula is C22H23ClN2O2. The maximum atomic E-state index is 13.1. The van der Waals surface area contributed by atoms with Gasteiger partial charge in [-0.15, -0.1) is 0 Å². The van der Waals surface area contributed by atoms with Crippen molar-refractivity contribution < 1.29 is 9.59 Å². The first-order valence-corrected chi connectivity index (χ1v) is 9.31. The van der Waals surface area contributed by atoms with Crippen LogP contribution in [0.5, 0.6) is 0 Å². The Bertz CT molecular complexity index is 976. The van der Waals surface area contributed by atoms with Crippen molar-refractivity contribution in [3.63, 3.8) is 0 Å². The molecule has 0 saturated heterocycles. The van der Waals surface area contributed by atoms with Crippen LogP contribution in [0, 0.1) is 20.8 Å². The maximum absolute atomic E-state index is 13.1. The van der Waals surface area contributed by atoms with Gasteiger partial charge in [-0.2, -0.15) is 0 Å².